The zero-order valence-electron chi connectivity index (χ0n) is 14.8. The van der Waals surface area contributed by atoms with Gasteiger partial charge in [-0.1, -0.05) is 18.9 Å². The predicted molar refractivity (Wildman–Crippen MR) is 89.7 cm³/mol. The van der Waals surface area contributed by atoms with E-state index in [-0.39, 0.29) is 23.9 Å². The van der Waals surface area contributed by atoms with Crippen LogP contribution in [-0.4, -0.2) is 47.7 Å². The quantitative estimate of drug-likeness (QED) is 0.601. The van der Waals surface area contributed by atoms with Crippen LogP contribution in [0, 0.1) is 6.92 Å². The van der Waals surface area contributed by atoms with Crippen LogP contribution >= 0.6 is 0 Å². The number of benzene rings is 1. The van der Waals surface area contributed by atoms with E-state index in [2.05, 4.69) is 10.2 Å². The number of piperazine rings is 1. The van der Waals surface area contributed by atoms with E-state index < -0.39 is 6.10 Å². The van der Waals surface area contributed by atoms with Crippen LogP contribution in [0.5, 0.6) is 0 Å². The Balaban J connectivity index is 0.00000182. The highest BCUT2D eigenvalue weighted by Crippen LogP contribution is 2.37. The maximum Gasteiger partial charge on any atom is 0.338 e. The molecule has 138 valence electrons. The number of aliphatic hydroxyl groups is 1. The molecule has 0 radical (unpaired) electrons. The molecule has 0 bridgehead atoms. The summed E-state index contributed by atoms with van der Waals surface area (Å²) in [7, 11) is 0. The van der Waals surface area contributed by atoms with Crippen molar-refractivity contribution in [1.82, 2.24) is 4.90 Å². The molecule has 1 aromatic rings. The first-order chi connectivity index (χ1) is 11.6. The van der Waals surface area contributed by atoms with E-state index in [0.717, 1.165) is 36.3 Å². The van der Waals surface area contributed by atoms with E-state index in [9.17, 15) is 9.90 Å². The van der Waals surface area contributed by atoms with E-state index >= 15 is 0 Å². The minimum absolute atomic E-state index is 0. The van der Waals surface area contributed by atoms with E-state index in [1.807, 2.05) is 19.1 Å². The molecule has 2 heterocycles. The number of ether oxygens (including phenoxy) is 1. The van der Waals surface area contributed by atoms with E-state index in [4.69, 9.17) is 4.74 Å². The smallest absolute Gasteiger partial charge is 0.338 e. The fraction of sp³-hybridized carbons (Fsp3) is 0.632. The first-order valence-electron chi connectivity index (χ1n) is 9.15. The van der Waals surface area contributed by atoms with Crippen LogP contribution in [-0.2, 0) is 11.3 Å². The molecule has 1 saturated heterocycles. The number of β-amino-alcohol motifs (C(OH)–C–C–N with tert-alkyl or cyclic N) is 1. The highest BCUT2D eigenvalue weighted by molar-refractivity contribution is 5.93. The second-order valence-electron chi connectivity index (χ2n) is 7.56. The lowest BCUT2D eigenvalue weighted by molar-refractivity contribution is -0.676. The molecule has 6 heteroatoms. The number of cyclic esters (lactones) is 1. The summed E-state index contributed by atoms with van der Waals surface area (Å²) in [5.74, 6) is -0.245. The van der Waals surface area contributed by atoms with Crippen molar-refractivity contribution in [3.63, 3.8) is 0 Å². The zero-order chi connectivity index (χ0) is 16.7. The van der Waals surface area contributed by atoms with Gasteiger partial charge in [-0.2, -0.15) is 0 Å². The third kappa shape index (κ3) is 3.19. The molecule has 4 rings (SSSR count). The topological polar surface area (TPSA) is 66.4 Å². The molecule has 0 aromatic heterocycles. The Hall–Kier alpha value is -1.14. The molecule has 1 aromatic carbocycles. The molecule has 3 aliphatic rings. The van der Waals surface area contributed by atoms with Crippen LogP contribution in [0.2, 0.25) is 0 Å². The highest BCUT2D eigenvalue weighted by Gasteiger charge is 2.44. The number of hydrogen-bond acceptors (Lipinski definition) is 4. The molecular formula is C19H27ClN2O3. The van der Waals surface area contributed by atoms with Crippen LogP contribution in [0.3, 0.4) is 0 Å². The van der Waals surface area contributed by atoms with E-state index in [0.29, 0.717) is 18.7 Å². The number of nitrogens with two attached hydrogens (primary N) is 1. The Morgan fingerprint density at radius 1 is 1.36 bits per heavy atom. The minimum atomic E-state index is -0.512. The predicted octanol–water partition coefficient (Wildman–Crippen LogP) is -2.11. The van der Waals surface area contributed by atoms with Gasteiger partial charge in [-0.3, -0.25) is 4.90 Å². The Kier molecular flexibility index (Phi) is 5.40. The molecule has 5 nitrogen and oxygen atoms in total. The van der Waals surface area contributed by atoms with Gasteiger partial charge in [0.25, 0.3) is 0 Å². The standard InChI is InChI=1S/C19H26N2O3.ClH/c1-13-14(4-5-15-16(13)11-24-18(15)23)17(22)10-21-9-8-20-12-19(21)6-2-3-7-19;/h4-5,17,20,22H,2-3,6-12H2,1H3;1H/t17-;/m0./s1. The maximum absolute atomic E-state index is 11.7. The second kappa shape index (κ2) is 7.23. The second-order valence-corrected chi connectivity index (χ2v) is 7.56. The summed E-state index contributed by atoms with van der Waals surface area (Å²) in [5.41, 5.74) is 3.83. The molecule has 25 heavy (non-hydrogen) atoms. The van der Waals surface area contributed by atoms with Gasteiger partial charge >= 0.3 is 5.97 Å². The molecule has 1 aliphatic carbocycles. The number of aliphatic hydroxyl groups excluding tert-OH is 1. The van der Waals surface area contributed by atoms with E-state index in [1.54, 1.807) is 0 Å². The summed E-state index contributed by atoms with van der Waals surface area (Å²) >= 11 is 0. The summed E-state index contributed by atoms with van der Waals surface area (Å²) in [4.78, 5) is 14.2. The van der Waals surface area contributed by atoms with E-state index in [1.165, 1.54) is 25.7 Å². The Labute approximate surface area is 155 Å². The third-order valence-electron chi connectivity index (χ3n) is 6.29. The number of quaternary nitrogens is 1. The number of halogens is 1. The summed E-state index contributed by atoms with van der Waals surface area (Å²) in [6, 6.07) is 3.72. The maximum atomic E-state index is 11.7. The number of hydrogen-bond donors (Lipinski definition) is 2. The number of rotatable bonds is 3. The van der Waals surface area contributed by atoms with Crippen molar-refractivity contribution in [3.05, 3.63) is 34.4 Å². The first kappa shape index (κ1) is 18.6. The van der Waals surface area contributed by atoms with Crippen molar-refractivity contribution in [2.24, 2.45) is 0 Å². The average Bonchev–Trinajstić information content (AvgIpc) is 3.19. The molecule has 3 N–H and O–H groups in total. The van der Waals surface area contributed by atoms with Crippen molar-refractivity contribution >= 4 is 5.97 Å². The summed E-state index contributed by atoms with van der Waals surface area (Å²) in [6.07, 6.45) is 4.60. The molecule has 0 amide bonds. The molecule has 2 aliphatic heterocycles. The molecule has 1 saturated carbocycles. The SMILES string of the molecule is Cc1c([C@@H](O)CN2CC[NH2+]CC23CCCC3)ccc2c1COC2=O.[Cl-]. The molecule has 1 atom stereocenters. The van der Waals surface area contributed by atoms with Gasteiger partial charge in [0.05, 0.1) is 30.3 Å². The number of esters is 1. The van der Waals surface area contributed by atoms with Crippen molar-refractivity contribution in [2.75, 3.05) is 26.2 Å². The first-order valence-corrected chi connectivity index (χ1v) is 9.15. The van der Waals surface area contributed by atoms with Gasteiger partial charge in [0, 0.05) is 18.7 Å². The zero-order valence-corrected chi connectivity index (χ0v) is 15.5. The lowest BCUT2D eigenvalue weighted by atomic mass is 9.90. The van der Waals surface area contributed by atoms with Crippen LogP contribution in [0.4, 0.5) is 0 Å². The number of carbonyl (C=O) groups excluding carboxylic acids is 1. The summed E-state index contributed by atoms with van der Waals surface area (Å²) in [6.45, 7) is 6.33. The van der Waals surface area contributed by atoms with Crippen LogP contribution in [0.15, 0.2) is 12.1 Å². The lowest BCUT2D eigenvalue weighted by Crippen LogP contribution is -3.00. The van der Waals surface area contributed by atoms with Crippen LogP contribution < -0.4 is 17.7 Å². The van der Waals surface area contributed by atoms with Crippen molar-refractivity contribution in [3.8, 4) is 0 Å². The van der Waals surface area contributed by atoms with Crippen molar-refractivity contribution in [1.29, 1.82) is 0 Å². The van der Waals surface area contributed by atoms with Crippen molar-refractivity contribution in [2.45, 2.75) is 50.9 Å². The third-order valence-corrected chi connectivity index (χ3v) is 6.29. The lowest BCUT2D eigenvalue weighted by Gasteiger charge is -2.44. The monoisotopic (exact) mass is 366 g/mol. The summed E-state index contributed by atoms with van der Waals surface area (Å²) in [5, 5.41) is 13.3. The fourth-order valence-corrected chi connectivity index (χ4v) is 4.86. The van der Waals surface area contributed by atoms with Crippen LogP contribution in [0.1, 0.15) is 58.8 Å². The van der Waals surface area contributed by atoms with Gasteiger partial charge in [0.1, 0.15) is 6.61 Å². The van der Waals surface area contributed by atoms with Gasteiger partial charge in [0.15, 0.2) is 0 Å². The number of fused-ring (bicyclic) bond motifs is 1. The van der Waals surface area contributed by atoms with Gasteiger partial charge in [-0.25, -0.2) is 4.79 Å². The number of nitrogens with zero attached hydrogens (tertiary/aromatic N) is 1. The van der Waals surface area contributed by atoms with Gasteiger partial charge in [-0.05, 0) is 37.0 Å². The Bertz CT molecular complexity index is 658. The largest absolute Gasteiger partial charge is 1.00 e. The molecular weight excluding hydrogens is 340 g/mol. The molecule has 0 unspecified atom stereocenters. The molecule has 1 spiro atoms. The van der Waals surface area contributed by atoms with Gasteiger partial charge in [0.2, 0.25) is 0 Å². The van der Waals surface area contributed by atoms with Crippen LogP contribution in [0.25, 0.3) is 0 Å². The van der Waals surface area contributed by atoms with Gasteiger partial charge < -0.3 is 27.6 Å². The Morgan fingerprint density at radius 2 is 2.12 bits per heavy atom. The number of carbonyl (C=O) groups is 1. The minimum Gasteiger partial charge on any atom is -1.00 e. The molecule has 2 fully saturated rings. The normalized spacial score (nSPS) is 23.2. The fourth-order valence-electron chi connectivity index (χ4n) is 4.86. The Morgan fingerprint density at radius 3 is 2.88 bits per heavy atom. The average molecular weight is 367 g/mol. The van der Waals surface area contributed by atoms with Crippen molar-refractivity contribution < 1.29 is 32.4 Å². The van der Waals surface area contributed by atoms with Gasteiger partial charge in [-0.15, -0.1) is 0 Å². The summed E-state index contributed by atoms with van der Waals surface area (Å²) < 4.78 is 5.13. The highest BCUT2D eigenvalue weighted by atomic mass is 35.5.